The van der Waals surface area contributed by atoms with E-state index in [0.717, 1.165) is 12.1 Å². The number of nitrogens with zero attached hydrogens (tertiary/aromatic N) is 1. The fourth-order valence-corrected chi connectivity index (χ4v) is 6.46. The molecule has 122 valence electrons. The first-order chi connectivity index (χ1) is 10.2. The van der Waals surface area contributed by atoms with Gasteiger partial charge in [0.1, 0.15) is 10.7 Å². The summed E-state index contributed by atoms with van der Waals surface area (Å²) >= 11 is 6.22. The van der Waals surface area contributed by atoms with Crippen LogP contribution in [0.25, 0.3) is 0 Å². The number of piperidine rings is 1. The van der Waals surface area contributed by atoms with Gasteiger partial charge in [-0.25, -0.2) is 12.8 Å². The monoisotopic (exact) mass is 456 g/mol. The molecule has 1 saturated heterocycles. The van der Waals surface area contributed by atoms with Crippen molar-refractivity contribution in [2.45, 2.75) is 24.2 Å². The van der Waals surface area contributed by atoms with Crippen molar-refractivity contribution < 1.29 is 17.6 Å². The van der Waals surface area contributed by atoms with Crippen LogP contribution in [0.2, 0.25) is 0 Å². The summed E-state index contributed by atoms with van der Waals surface area (Å²) in [5, 5.41) is 0. The normalized spacial score (nSPS) is 17.6. The zero-order valence-electron chi connectivity index (χ0n) is 11.6. The van der Waals surface area contributed by atoms with Crippen LogP contribution < -0.4 is 5.73 Å². The van der Waals surface area contributed by atoms with Gasteiger partial charge in [-0.1, -0.05) is 0 Å². The van der Waals surface area contributed by atoms with Crippen LogP contribution in [0.15, 0.2) is 26.0 Å². The Morgan fingerprint density at radius 3 is 2.23 bits per heavy atom. The van der Waals surface area contributed by atoms with Gasteiger partial charge in [0, 0.05) is 28.5 Å². The van der Waals surface area contributed by atoms with Gasteiger partial charge in [-0.05, 0) is 62.8 Å². The Morgan fingerprint density at radius 2 is 1.77 bits per heavy atom. The van der Waals surface area contributed by atoms with Gasteiger partial charge < -0.3 is 5.73 Å². The number of rotatable bonds is 4. The lowest BCUT2D eigenvalue weighted by atomic mass is 9.94. The molecule has 2 N–H and O–H groups in total. The average Bonchev–Trinajstić information content (AvgIpc) is 2.36. The minimum absolute atomic E-state index is 0.0160. The standard InChI is InChI=1S/C13H15Br2FN2O3S/c14-10-6-9(16)7-11(15)13(10)22(20,21)18-3-1-8(2-4-18)5-12(17)19/h6-8H,1-5H2,(H2,17,19). The molecule has 1 amide bonds. The summed E-state index contributed by atoms with van der Waals surface area (Å²) in [5.41, 5.74) is 5.17. The van der Waals surface area contributed by atoms with E-state index >= 15 is 0 Å². The second kappa shape index (κ2) is 6.94. The number of benzene rings is 1. The van der Waals surface area contributed by atoms with E-state index in [9.17, 15) is 17.6 Å². The Bertz CT molecular complexity index is 666. The van der Waals surface area contributed by atoms with Gasteiger partial charge in [0.15, 0.2) is 0 Å². The van der Waals surface area contributed by atoms with Crippen molar-refractivity contribution >= 4 is 47.8 Å². The summed E-state index contributed by atoms with van der Waals surface area (Å²) in [5.74, 6) is -0.785. The topological polar surface area (TPSA) is 80.5 Å². The van der Waals surface area contributed by atoms with Crippen LogP contribution in [0.4, 0.5) is 4.39 Å². The van der Waals surface area contributed by atoms with Crippen molar-refractivity contribution in [2.75, 3.05) is 13.1 Å². The zero-order chi connectivity index (χ0) is 16.5. The highest BCUT2D eigenvalue weighted by Crippen LogP contribution is 2.35. The van der Waals surface area contributed by atoms with Crippen LogP contribution in [0, 0.1) is 11.7 Å². The third-order valence-corrected chi connectivity index (χ3v) is 7.40. The number of hydrogen-bond acceptors (Lipinski definition) is 3. The van der Waals surface area contributed by atoms with E-state index in [1.54, 1.807) is 0 Å². The van der Waals surface area contributed by atoms with Gasteiger partial charge in [0.25, 0.3) is 0 Å². The van der Waals surface area contributed by atoms with E-state index in [0.29, 0.717) is 25.9 Å². The maximum absolute atomic E-state index is 13.3. The minimum atomic E-state index is -3.74. The van der Waals surface area contributed by atoms with E-state index in [4.69, 9.17) is 5.73 Å². The van der Waals surface area contributed by atoms with Gasteiger partial charge in [-0.3, -0.25) is 4.79 Å². The Hall–Kier alpha value is -0.510. The minimum Gasteiger partial charge on any atom is -0.370 e. The molecule has 22 heavy (non-hydrogen) atoms. The molecule has 0 unspecified atom stereocenters. The molecule has 1 aromatic rings. The lowest BCUT2D eigenvalue weighted by Gasteiger charge is -2.31. The van der Waals surface area contributed by atoms with Crippen molar-refractivity contribution in [1.29, 1.82) is 0 Å². The highest BCUT2D eigenvalue weighted by atomic mass is 79.9. The van der Waals surface area contributed by atoms with Gasteiger partial charge in [-0.15, -0.1) is 0 Å². The van der Waals surface area contributed by atoms with Crippen molar-refractivity contribution in [3.05, 3.63) is 26.9 Å². The molecule has 0 radical (unpaired) electrons. The predicted octanol–water partition coefficient (Wildman–Crippen LogP) is 2.63. The van der Waals surface area contributed by atoms with Crippen molar-refractivity contribution in [2.24, 2.45) is 11.7 Å². The van der Waals surface area contributed by atoms with Crippen molar-refractivity contribution in [3.8, 4) is 0 Å². The van der Waals surface area contributed by atoms with E-state index in [-0.39, 0.29) is 32.1 Å². The first-order valence-electron chi connectivity index (χ1n) is 6.65. The maximum Gasteiger partial charge on any atom is 0.245 e. The van der Waals surface area contributed by atoms with Crippen LogP contribution in [-0.4, -0.2) is 31.7 Å². The Kier molecular flexibility index (Phi) is 5.63. The highest BCUT2D eigenvalue weighted by molar-refractivity contribution is 9.11. The van der Waals surface area contributed by atoms with Crippen molar-refractivity contribution in [1.82, 2.24) is 4.31 Å². The summed E-state index contributed by atoms with van der Waals surface area (Å²) in [4.78, 5) is 10.9. The van der Waals surface area contributed by atoms with Gasteiger partial charge in [-0.2, -0.15) is 4.31 Å². The number of amides is 1. The van der Waals surface area contributed by atoms with Gasteiger partial charge in [0.2, 0.25) is 15.9 Å². The van der Waals surface area contributed by atoms with Gasteiger partial charge in [0.05, 0.1) is 0 Å². The molecule has 0 aliphatic carbocycles. The number of carbonyl (C=O) groups is 1. The first-order valence-corrected chi connectivity index (χ1v) is 9.67. The fourth-order valence-electron chi connectivity index (χ4n) is 2.54. The largest absolute Gasteiger partial charge is 0.370 e. The smallest absolute Gasteiger partial charge is 0.245 e. The molecule has 9 heteroatoms. The molecule has 1 aromatic carbocycles. The molecular formula is C13H15Br2FN2O3S. The predicted molar refractivity (Wildman–Crippen MR) is 87.1 cm³/mol. The molecule has 0 spiro atoms. The van der Waals surface area contributed by atoms with E-state index in [1.807, 2.05) is 0 Å². The maximum atomic E-state index is 13.3. The van der Waals surface area contributed by atoms with E-state index < -0.39 is 15.8 Å². The molecule has 2 rings (SSSR count). The summed E-state index contributed by atoms with van der Waals surface area (Å²) in [7, 11) is -3.74. The number of nitrogens with two attached hydrogens (primary N) is 1. The third-order valence-electron chi connectivity index (χ3n) is 3.62. The summed E-state index contributed by atoms with van der Waals surface area (Å²) < 4.78 is 40.5. The first kappa shape index (κ1) is 17.8. The lowest BCUT2D eigenvalue weighted by molar-refractivity contribution is -0.119. The SMILES string of the molecule is NC(=O)CC1CCN(S(=O)(=O)c2c(Br)cc(F)cc2Br)CC1. The second-order valence-electron chi connectivity index (χ2n) is 5.22. The lowest BCUT2D eigenvalue weighted by Crippen LogP contribution is -2.39. The van der Waals surface area contributed by atoms with Crippen LogP contribution in [0.3, 0.4) is 0 Å². The van der Waals surface area contributed by atoms with Crippen molar-refractivity contribution in [3.63, 3.8) is 0 Å². The van der Waals surface area contributed by atoms with Crippen LogP contribution in [0.1, 0.15) is 19.3 Å². The average molecular weight is 458 g/mol. The number of carbonyl (C=O) groups excluding carboxylic acids is 1. The second-order valence-corrected chi connectivity index (χ2v) is 8.80. The Morgan fingerprint density at radius 1 is 1.27 bits per heavy atom. The van der Waals surface area contributed by atoms with Crippen LogP contribution in [-0.2, 0) is 14.8 Å². The molecule has 0 aromatic heterocycles. The molecule has 1 fully saturated rings. The Balaban J connectivity index is 2.21. The molecule has 0 bridgehead atoms. The third kappa shape index (κ3) is 3.87. The van der Waals surface area contributed by atoms with Crippen LogP contribution >= 0.6 is 31.9 Å². The molecule has 1 heterocycles. The zero-order valence-corrected chi connectivity index (χ0v) is 15.5. The number of primary amides is 1. The molecule has 1 aliphatic heterocycles. The van der Waals surface area contributed by atoms with Gasteiger partial charge >= 0.3 is 0 Å². The molecule has 0 atom stereocenters. The van der Waals surface area contributed by atoms with E-state index in [2.05, 4.69) is 31.9 Å². The number of hydrogen-bond donors (Lipinski definition) is 1. The Labute approximate surface area is 145 Å². The fraction of sp³-hybridized carbons (Fsp3) is 0.462. The number of sulfonamides is 1. The highest BCUT2D eigenvalue weighted by Gasteiger charge is 2.32. The summed E-state index contributed by atoms with van der Waals surface area (Å²) in [6.07, 6.45) is 1.44. The van der Waals surface area contributed by atoms with Crippen LogP contribution in [0.5, 0.6) is 0 Å². The summed E-state index contributed by atoms with van der Waals surface area (Å²) in [6, 6.07) is 2.25. The molecule has 0 saturated carbocycles. The molecule has 1 aliphatic rings. The molecule has 5 nitrogen and oxygen atoms in total. The molecular weight excluding hydrogens is 443 g/mol. The number of halogens is 3. The van der Waals surface area contributed by atoms with E-state index in [1.165, 1.54) is 4.31 Å². The quantitative estimate of drug-likeness (QED) is 0.754. The summed E-state index contributed by atoms with van der Waals surface area (Å²) in [6.45, 7) is 0.632.